The topological polar surface area (TPSA) is 65.3 Å². The lowest BCUT2D eigenvalue weighted by Crippen LogP contribution is -2.07. The molecule has 0 saturated heterocycles. The van der Waals surface area contributed by atoms with Crippen molar-refractivity contribution in [3.63, 3.8) is 0 Å². The van der Waals surface area contributed by atoms with Gasteiger partial charge < -0.3 is 9.45 Å². The molecule has 1 unspecified atom stereocenters. The van der Waals surface area contributed by atoms with Crippen molar-refractivity contribution in [3.8, 4) is 0 Å². The molecule has 0 aliphatic carbocycles. The zero-order valence-electron chi connectivity index (χ0n) is 11.2. The van der Waals surface area contributed by atoms with Crippen molar-refractivity contribution in [1.82, 2.24) is 0 Å². The molecule has 0 amide bonds. The Labute approximate surface area is 120 Å². The summed E-state index contributed by atoms with van der Waals surface area (Å²) < 4.78 is 19.7. The highest BCUT2D eigenvalue weighted by Gasteiger charge is 1.99. The Kier molecular flexibility index (Phi) is 4.60. The summed E-state index contributed by atoms with van der Waals surface area (Å²) in [7, 11) is 3.95. The summed E-state index contributed by atoms with van der Waals surface area (Å²) in [4.78, 5) is 2.36. The van der Waals surface area contributed by atoms with Gasteiger partial charge >= 0.3 is 0 Å². The van der Waals surface area contributed by atoms with E-state index in [1.54, 1.807) is 24.3 Å². The summed E-state index contributed by atoms with van der Waals surface area (Å²) in [5.41, 5.74) is 2.49. The van der Waals surface area contributed by atoms with E-state index in [0.717, 1.165) is 11.4 Å². The molecule has 2 rings (SSSR count). The fourth-order valence-electron chi connectivity index (χ4n) is 1.56. The van der Waals surface area contributed by atoms with Gasteiger partial charge in [-0.1, -0.05) is 0 Å². The molecule has 0 bridgehead atoms. The Bertz CT molecular complexity index is 622. The number of rotatable bonds is 4. The van der Waals surface area contributed by atoms with Crippen LogP contribution in [-0.2, 0) is 11.1 Å². The summed E-state index contributed by atoms with van der Waals surface area (Å²) in [5.74, 6) is 0. The van der Waals surface area contributed by atoms with Crippen molar-refractivity contribution in [2.45, 2.75) is 4.90 Å². The molecule has 20 heavy (non-hydrogen) atoms. The van der Waals surface area contributed by atoms with E-state index < -0.39 is 11.1 Å². The van der Waals surface area contributed by atoms with Crippen molar-refractivity contribution in [3.05, 3.63) is 48.5 Å². The van der Waals surface area contributed by atoms with Crippen LogP contribution in [0.5, 0.6) is 0 Å². The van der Waals surface area contributed by atoms with E-state index in [1.165, 1.54) is 0 Å². The Hall–Kier alpha value is -2.05. The molecule has 1 N–H and O–H groups in total. The first-order chi connectivity index (χ1) is 9.56. The van der Waals surface area contributed by atoms with Crippen LogP contribution in [0.3, 0.4) is 0 Å². The quantitative estimate of drug-likeness (QED) is 0.688. The van der Waals surface area contributed by atoms with Gasteiger partial charge in [0, 0.05) is 19.8 Å². The van der Waals surface area contributed by atoms with E-state index in [4.69, 9.17) is 4.55 Å². The maximum Gasteiger partial charge on any atom is 0.186 e. The molecule has 0 saturated carbocycles. The van der Waals surface area contributed by atoms with E-state index in [-0.39, 0.29) is 0 Å². The molecule has 0 aromatic heterocycles. The average molecular weight is 289 g/mol. The Morgan fingerprint density at radius 1 is 0.900 bits per heavy atom. The Balaban J connectivity index is 2.10. The van der Waals surface area contributed by atoms with Crippen LogP contribution >= 0.6 is 0 Å². The van der Waals surface area contributed by atoms with Crippen LogP contribution in [0.15, 0.2) is 63.7 Å². The average Bonchev–Trinajstić information content (AvgIpc) is 2.46. The van der Waals surface area contributed by atoms with E-state index in [9.17, 15) is 4.21 Å². The molecule has 0 radical (unpaired) electrons. The second-order valence-electron chi connectivity index (χ2n) is 4.35. The van der Waals surface area contributed by atoms with Gasteiger partial charge in [-0.15, -0.1) is 0 Å². The van der Waals surface area contributed by atoms with E-state index in [2.05, 4.69) is 10.2 Å². The molecule has 1 atom stereocenters. The van der Waals surface area contributed by atoms with Gasteiger partial charge in [0.05, 0.1) is 16.3 Å². The molecule has 0 aliphatic rings. The van der Waals surface area contributed by atoms with E-state index in [0.29, 0.717) is 10.6 Å². The molecule has 5 nitrogen and oxygen atoms in total. The van der Waals surface area contributed by atoms with Gasteiger partial charge in [0.25, 0.3) is 0 Å². The third-order valence-electron chi connectivity index (χ3n) is 2.69. The molecular formula is C14H15N3O2S. The smallest absolute Gasteiger partial charge is 0.186 e. The second-order valence-corrected chi connectivity index (χ2v) is 5.32. The van der Waals surface area contributed by atoms with Gasteiger partial charge in [-0.05, 0) is 48.5 Å². The maximum absolute atomic E-state index is 10.8. The fraction of sp³-hybridized carbons (Fsp3) is 0.143. The van der Waals surface area contributed by atoms with E-state index >= 15 is 0 Å². The number of hydrogen-bond acceptors (Lipinski definition) is 4. The highest BCUT2D eigenvalue weighted by Crippen LogP contribution is 2.21. The van der Waals surface area contributed by atoms with Crippen LogP contribution in [0.4, 0.5) is 17.1 Å². The lowest BCUT2D eigenvalue weighted by atomic mass is 10.3. The number of nitrogens with zero attached hydrogens (tertiary/aromatic N) is 3. The number of hydrogen-bond donors (Lipinski definition) is 1. The monoisotopic (exact) mass is 289 g/mol. The van der Waals surface area contributed by atoms with Crippen molar-refractivity contribution >= 4 is 28.1 Å². The SMILES string of the molecule is CN(C)c1ccc(N=Nc2ccc(S(=O)O)cc2)cc1. The van der Waals surface area contributed by atoms with Crippen molar-refractivity contribution in [2.75, 3.05) is 19.0 Å². The molecule has 0 heterocycles. The van der Waals surface area contributed by atoms with Gasteiger partial charge in [0.1, 0.15) is 0 Å². The predicted molar refractivity (Wildman–Crippen MR) is 80.4 cm³/mol. The lowest BCUT2D eigenvalue weighted by molar-refractivity contribution is 0.564. The second kappa shape index (κ2) is 6.40. The first kappa shape index (κ1) is 14.4. The highest BCUT2D eigenvalue weighted by molar-refractivity contribution is 7.79. The van der Waals surface area contributed by atoms with Gasteiger partial charge in [0.15, 0.2) is 11.1 Å². The minimum Gasteiger partial charge on any atom is -0.378 e. The molecule has 0 fully saturated rings. The van der Waals surface area contributed by atoms with Crippen molar-refractivity contribution < 1.29 is 8.76 Å². The fourth-order valence-corrected chi connectivity index (χ4v) is 1.93. The highest BCUT2D eigenvalue weighted by atomic mass is 32.2. The summed E-state index contributed by atoms with van der Waals surface area (Å²) in [6.45, 7) is 0. The van der Waals surface area contributed by atoms with Crippen molar-refractivity contribution in [1.29, 1.82) is 0 Å². The standard InChI is InChI=1S/C14H15N3O2S/c1-17(2)13-7-3-11(4-8-13)15-16-12-5-9-14(10-6-12)20(18)19/h3-10H,1-2H3,(H,18,19). The molecule has 6 heteroatoms. The number of benzene rings is 2. The maximum atomic E-state index is 10.8. The zero-order valence-corrected chi connectivity index (χ0v) is 12.0. The summed E-state index contributed by atoms with van der Waals surface area (Å²) in [6.07, 6.45) is 0. The largest absolute Gasteiger partial charge is 0.378 e. The molecule has 0 spiro atoms. The van der Waals surface area contributed by atoms with Crippen molar-refractivity contribution in [2.24, 2.45) is 10.2 Å². The minimum atomic E-state index is -1.96. The third-order valence-corrected chi connectivity index (χ3v) is 3.36. The summed E-state index contributed by atoms with van der Waals surface area (Å²) in [5, 5.41) is 8.20. The minimum absolute atomic E-state index is 0.347. The van der Waals surface area contributed by atoms with Crippen LogP contribution in [0.1, 0.15) is 0 Å². The zero-order chi connectivity index (χ0) is 14.5. The summed E-state index contributed by atoms with van der Waals surface area (Å²) in [6, 6.07) is 14.1. The Morgan fingerprint density at radius 2 is 1.35 bits per heavy atom. The lowest BCUT2D eigenvalue weighted by Gasteiger charge is -2.11. The summed E-state index contributed by atoms with van der Waals surface area (Å²) >= 11 is -1.96. The van der Waals surface area contributed by atoms with Crippen LogP contribution < -0.4 is 4.90 Å². The molecule has 104 valence electrons. The van der Waals surface area contributed by atoms with Gasteiger partial charge in [-0.3, -0.25) is 0 Å². The predicted octanol–water partition coefficient (Wildman–Crippen LogP) is 3.75. The molecule has 0 aliphatic heterocycles. The van der Waals surface area contributed by atoms with Crippen LogP contribution in [-0.4, -0.2) is 22.9 Å². The first-order valence-corrected chi connectivity index (χ1v) is 7.07. The molecule has 2 aromatic rings. The first-order valence-electron chi connectivity index (χ1n) is 5.96. The number of anilines is 1. The molecular weight excluding hydrogens is 274 g/mol. The van der Waals surface area contributed by atoms with Gasteiger partial charge in [-0.25, -0.2) is 4.21 Å². The van der Waals surface area contributed by atoms with E-state index in [1.807, 2.05) is 43.3 Å². The van der Waals surface area contributed by atoms with Crippen LogP contribution in [0.2, 0.25) is 0 Å². The third kappa shape index (κ3) is 3.72. The van der Waals surface area contributed by atoms with Crippen LogP contribution in [0.25, 0.3) is 0 Å². The van der Waals surface area contributed by atoms with Gasteiger partial charge in [-0.2, -0.15) is 10.2 Å². The normalized spacial score (nSPS) is 12.6. The van der Waals surface area contributed by atoms with Crippen LogP contribution in [0, 0.1) is 0 Å². The number of azo groups is 1. The molecule has 2 aromatic carbocycles. The Morgan fingerprint density at radius 3 is 1.75 bits per heavy atom. The van der Waals surface area contributed by atoms with Gasteiger partial charge in [0.2, 0.25) is 0 Å².